The lowest BCUT2D eigenvalue weighted by atomic mass is 10.1. The highest BCUT2D eigenvalue weighted by atomic mass is 79.9. The van der Waals surface area contributed by atoms with Crippen molar-refractivity contribution in [2.75, 3.05) is 5.32 Å². The lowest BCUT2D eigenvalue weighted by molar-refractivity contribution is -0.383. The third-order valence-electron chi connectivity index (χ3n) is 2.49. The molecule has 2 aromatic rings. The Hall–Kier alpha value is -1.95. The molecule has 0 aliphatic carbocycles. The van der Waals surface area contributed by atoms with Gasteiger partial charge in [0.25, 0.3) is 5.69 Å². The Kier molecular flexibility index (Phi) is 3.29. The molecule has 2 rings (SSSR count). The fourth-order valence-electron chi connectivity index (χ4n) is 1.78. The second-order valence-corrected chi connectivity index (χ2v) is 4.59. The molecule has 0 saturated heterocycles. The van der Waals surface area contributed by atoms with Gasteiger partial charge >= 0.3 is 0 Å². The third kappa shape index (κ3) is 2.19. The second kappa shape index (κ2) is 4.73. The van der Waals surface area contributed by atoms with Gasteiger partial charge in [-0.25, -0.2) is 0 Å². The highest BCUT2D eigenvalue weighted by Crippen LogP contribution is 2.35. The third-order valence-corrected chi connectivity index (χ3v) is 3.15. The van der Waals surface area contributed by atoms with Crippen LogP contribution in [0, 0.1) is 10.1 Å². The number of rotatable bonds is 2. The number of hydrogen-bond donors (Lipinski definition) is 1. The van der Waals surface area contributed by atoms with Gasteiger partial charge in [0.1, 0.15) is 0 Å². The zero-order chi connectivity index (χ0) is 13.3. The van der Waals surface area contributed by atoms with E-state index in [1.807, 2.05) is 0 Å². The first-order chi connectivity index (χ1) is 8.50. The number of hydrogen-bond acceptors (Lipinski definition) is 3. The summed E-state index contributed by atoms with van der Waals surface area (Å²) in [6.45, 7) is 1.39. The normalized spacial score (nSPS) is 10.3. The van der Waals surface area contributed by atoms with Crippen molar-refractivity contribution in [3.8, 4) is 0 Å². The van der Waals surface area contributed by atoms with Crippen molar-refractivity contribution in [3.05, 3.63) is 44.9 Å². The van der Waals surface area contributed by atoms with Crippen molar-refractivity contribution in [2.24, 2.45) is 0 Å². The van der Waals surface area contributed by atoms with Crippen LogP contribution in [-0.2, 0) is 4.79 Å². The van der Waals surface area contributed by atoms with E-state index in [4.69, 9.17) is 0 Å². The van der Waals surface area contributed by atoms with Crippen molar-refractivity contribution >= 4 is 44.0 Å². The summed E-state index contributed by atoms with van der Waals surface area (Å²) in [5.41, 5.74) is 0.565. The predicted molar refractivity (Wildman–Crippen MR) is 72.6 cm³/mol. The summed E-state index contributed by atoms with van der Waals surface area (Å²) < 4.78 is 0.686. The molecule has 0 heterocycles. The van der Waals surface area contributed by atoms with E-state index in [-0.39, 0.29) is 11.6 Å². The monoisotopic (exact) mass is 308 g/mol. The number of nitro benzene ring substituents is 1. The molecule has 1 amide bonds. The van der Waals surface area contributed by atoms with Crippen LogP contribution >= 0.6 is 15.9 Å². The van der Waals surface area contributed by atoms with Crippen molar-refractivity contribution < 1.29 is 9.72 Å². The minimum atomic E-state index is -0.437. The molecule has 0 spiro atoms. The van der Waals surface area contributed by atoms with Crippen molar-refractivity contribution in [1.82, 2.24) is 0 Å². The molecule has 1 N–H and O–H groups in total. The summed E-state index contributed by atoms with van der Waals surface area (Å²) in [6, 6.07) is 8.11. The summed E-state index contributed by atoms with van der Waals surface area (Å²) in [7, 11) is 0. The predicted octanol–water partition coefficient (Wildman–Crippen LogP) is 3.47. The van der Waals surface area contributed by atoms with E-state index in [0.717, 1.165) is 0 Å². The van der Waals surface area contributed by atoms with Crippen LogP contribution in [0.25, 0.3) is 10.8 Å². The molecular formula is C12H9BrN2O3. The number of amides is 1. The van der Waals surface area contributed by atoms with E-state index in [9.17, 15) is 14.9 Å². The van der Waals surface area contributed by atoms with Crippen molar-refractivity contribution in [3.63, 3.8) is 0 Å². The molecule has 0 fully saturated rings. The summed E-state index contributed by atoms with van der Waals surface area (Å²) >= 11 is 3.32. The van der Waals surface area contributed by atoms with Crippen molar-refractivity contribution in [2.45, 2.75) is 6.92 Å². The van der Waals surface area contributed by atoms with Gasteiger partial charge in [-0.05, 0) is 28.1 Å². The van der Waals surface area contributed by atoms with Crippen LogP contribution in [-0.4, -0.2) is 10.8 Å². The van der Waals surface area contributed by atoms with E-state index in [1.165, 1.54) is 13.0 Å². The maximum atomic E-state index is 11.2. The van der Waals surface area contributed by atoms with E-state index in [1.54, 1.807) is 24.3 Å². The van der Waals surface area contributed by atoms with Crippen LogP contribution in [0.2, 0.25) is 0 Å². The highest BCUT2D eigenvalue weighted by Gasteiger charge is 2.15. The topological polar surface area (TPSA) is 72.2 Å². The Morgan fingerprint density at radius 3 is 2.61 bits per heavy atom. The molecule has 6 heteroatoms. The molecule has 0 unspecified atom stereocenters. The fraction of sp³-hybridized carbons (Fsp3) is 0.0833. The van der Waals surface area contributed by atoms with Gasteiger partial charge in [-0.3, -0.25) is 14.9 Å². The number of carbonyl (C=O) groups excluding carboxylic acids is 1. The van der Waals surface area contributed by atoms with Crippen LogP contribution in [0.1, 0.15) is 6.92 Å². The minimum Gasteiger partial charge on any atom is -0.325 e. The number of halogens is 1. The van der Waals surface area contributed by atoms with E-state index >= 15 is 0 Å². The van der Waals surface area contributed by atoms with Crippen LogP contribution in [0.3, 0.4) is 0 Å². The standard InChI is InChI=1S/C12H9BrN2O3/c1-7(16)14-12-9-3-2-4-11(15(17)18)8(9)5-6-10(12)13/h2-6H,1H3,(H,14,16). The summed E-state index contributed by atoms with van der Waals surface area (Å²) in [4.78, 5) is 21.7. The molecule has 0 radical (unpaired) electrons. The number of non-ortho nitro benzene ring substituents is 1. The lowest BCUT2D eigenvalue weighted by Crippen LogP contribution is -2.07. The Balaban J connectivity index is 2.77. The first kappa shape index (κ1) is 12.5. The van der Waals surface area contributed by atoms with E-state index in [0.29, 0.717) is 20.9 Å². The molecule has 0 aliphatic rings. The second-order valence-electron chi connectivity index (χ2n) is 3.73. The van der Waals surface area contributed by atoms with Gasteiger partial charge in [-0.1, -0.05) is 12.1 Å². The molecule has 18 heavy (non-hydrogen) atoms. The Morgan fingerprint density at radius 2 is 2.00 bits per heavy atom. The van der Waals surface area contributed by atoms with Gasteiger partial charge in [-0.2, -0.15) is 0 Å². The summed E-state index contributed by atoms with van der Waals surface area (Å²) in [5.74, 6) is -0.227. The lowest BCUT2D eigenvalue weighted by Gasteiger charge is -2.09. The SMILES string of the molecule is CC(=O)Nc1c(Br)ccc2c([N+](=O)[O-])cccc12. The first-order valence-electron chi connectivity index (χ1n) is 5.14. The Morgan fingerprint density at radius 1 is 1.28 bits per heavy atom. The fourth-order valence-corrected chi connectivity index (χ4v) is 2.22. The maximum Gasteiger partial charge on any atom is 0.277 e. The van der Waals surface area contributed by atoms with E-state index in [2.05, 4.69) is 21.2 Å². The minimum absolute atomic E-state index is 0.0200. The van der Waals surface area contributed by atoms with Crippen LogP contribution in [0.5, 0.6) is 0 Å². The molecule has 0 saturated carbocycles. The number of carbonyl (C=O) groups is 1. The molecule has 0 atom stereocenters. The number of nitro groups is 1. The Bertz CT molecular complexity index is 655. The highest BCUT2D eigenvalue weighted by molar-refractivity contribution is 9.10. The van der Waals surface area contributed by atoms with E-state index < -0.39 is 4.92 Å². The maximum absolute atomic E-state index is 11.2. The molecule has 0 aromatic heterocycles. The number of nitrogens with one attached hydrogen (secondary N) is 1. The number of anilines is 1. The van der Waals surface area contributed by atoms with Gasteiger partial charge in [-0.15, -0.1) is 0 Å². The Labute approximate surface area is 111 Å². The number of nitrogens with zero attached hydrogens (tertiary/aromatic N) is 1. The molecule has 5 nitrogen and oxygen atoms in total. The first-order valence-corrected chi connectivity index (χ1v) is 5.93. The van der Waals surface area contributed by atoms with Crippen LogP contribution in [0.15, 0.2) is 34.8 Å². The smallest absolute Gasteiger partial charge is 0.277 e. The molecular weight excluding hydrogens is 300 g/mol. The average molecular weight is 309 g/mol. The quantitative estimate of drug-likeness (QED) is 0.682. The van der Waals surface area contributed by atoms with Crippen LogP contribution in [0.4, 0.5) is 11.4 Å². The largest absolute Gasteiger partial charge is 0.325 e. The number of benzene rings is 2. The molecule has 0 bridgehead atoms. The van der Waals surface area contributed by atoms with Gasteiger partial charge in [0.15, 0.2) is 0 Å². The molecule has 0 aliphatic heterocycles. The molecule has 92 valence electrons. The van der Waals surface area contributed by atoms with Gasteiger partial charge in [0, 0.05) is 22.8 Å². The average Bonchev–Trinajstić information content (AvgIpc) is 2.31. The van der Waals surface area contributed by atoms with Crippen LogP contribution < -0.4 is 5.32 Å². The zero-order valence-electron chi connectivity index (χ0n) is 9.44. The summed E-state index contributed by atoms with van der Waals surface area (Å²) in [5, 5.41) is 14.7. The summed E-state index contributed by atoms with van der Waals surface area (Å²) in [6.07, 6.45) is 0. The number of fused-ring (bicyclic) bond motifs is 1. The van der Waals surface area contributed by atoms with Crippen molar-refractivity contribution in [1.29, 1.82) is 0 Å². The van der Waals surface area contributed by atoms with Gasteiger partial charge in [0.2, 0.25) is 5.91 Å². The van der Waals surface area contributed by atoms with Gasteiger partial charge < -0.3 is 5.32 Å². The molecule has 2 aromatic carbocycles. The zero-order valence-corrected chi connectivity index (χ0v) is 11.0. The van der Waals surface area contributed by atoms with Gasteiger partial charge in [0.05, 0.1) is 16.0 Å².